The highest BCUT2D eigenvalue weighted by molar-refractivity contribution is 7.90. The summed E-state index contributed by atoms with van der Waals surface area (Å²) in [5, 5.41) is 5.28. The molecule has 0 spiro atoms. The average molecular weight is 368 g/mol. The minimum Gasteiger partial charge on any atom is -0.329 e. The van der Waals surface area contributed by atoms with Gasteiger partial charge in [-0.2, -0.15) is 5.10 Å². The van der Waals surface area contributed by atoms with Gasteiger partial charge >= 0.3 is 6.03 Å². The maximum atomic E-state index is 12.4. The summed E-state index contributed by atoms with van der Waals surface area (Å²) in [5.41, 5.74) is 1.45. The molecule has 0 radical (unpaired) electrons. The van der Waals surface area contributed by atoms with Crippen molar-refractivity contribution in [2.45, 2.75) is 17.4 Å². The molecular formula is C15H20N4O5S. The molecular weight excluding hydrogens is 348 g/mol. The van der Waals surface area contributed by atoms with Crippen LogP contribution in [0.2, 0.25) is 0 Å². The van der Waals surface area contributed by atoms with Crippen molar-refractivity contribution >= 4 is 27.5 Å². The van der Waals surface area contributed by atoms with E-state index in [9.17, 15) is 18.0 Å². The number of benzene rings is 1. The van der Waals surface area contributed by atoms with Crippen molar-refractivity contribution in [1.82, 2.24) is 15.4 Å². The summed E-state index contributed by atoms with van der Waals surface area (Å²) >= 11 is 0. The highest BCUT2D eigenvalue weighted by atomic mass is 32.2. The first kappa shape index (κ1) is 18.9. The fourth-order valence-corrected chi connectivity index (χ4v) is 2.85. The van der Waals surface area contributed by atoms with E-state index in [-0.39, 0.29) is 10.6 Å². The van der Waals surface area contributed by atoms with Crippen LogP contribution in [0.4, 0.5) is 4.79 Å². The van der Waals surface area contributed by atoms with Gasteiger partial charge < -0.3 is 4.90 Å². The zero-order chi connectivity index (χ0) is 19.0. The number of urea groups is 1. The number of rotatable bonds is 4. The van der Waals surface area contributed by atoms with Crippen LogP contribution in [0.15, 0.2) is 34.3 Å². The Bertz CT molecular complexity index is 832. The van der Waals surface area contributed by atoms with Crippen molar-refractivity contribution in [1.29, 1.82) is 0 Å². The first-order valence-corrected chi connectivity index (χ1v) is 9.19. The molecule has 0 aromatic heterocycles. The van der Waals surface area contributed by atoms with E-state index in [1.807, 2.05) is 0 Å². The second kappa shape index (κ2) is 6.45. The normalized spacial score (nSPS) is 20.4. The number of likely N-dealkylation sites (N-methyl/N-ethyl adjacent to an activating group) is 1. The molecule has 136 valence electrons. The van der Waals surface area contributed by atoms with E-state index in [1.165, 1.54) is 57.2 Å². The first-order valence-electron chi connectivity index (χ1n) is 7.30. The summed E-state index contributed by atoms with van der Waals surface area (Å²) in [7, 11) is 1.19. The minimum absolute atomic E-state index is 0.151. The molecule has 1 aromatic rings. The van der Waals surface area contributed by atoms with E-state index in [2.05, 4.69) is 10.6 Å². The number of carbonyl (C=O) groups is 2. The molecule has 0 bridgehead atoms. The average Bonchev–Trinajstić information content (AvgIpc) is 2.76. The van der Waals surface area contributed by atoms with Crippen LogP contribution in [0, 0.1) is 0 Å². The van der Waals surface area contributed by atoms with Crippen LogP contribution in [-0.2, 0) is 19.5 Å². The van der Waals surface area contributed by atoms with E-state index in [1.54, 1.807) is 0 Å². The quantitative estimate of drug-likeness (QED) is 0.765. The maximum absolute atomic E-state index is 12.4. The summed E-state index contributed by atoms with van der Waals surface area (Å²) in [4.78, 5) is 30.9. The van der Waals surface area contributed by atoms with Crippen LogP contribution < -0.4 is 5.48 Å². The van der Waals surface area contributed by atoms with Crippen LogP contribution in [0.1, 0.15) is 12.5 Å². The van der Waals surface area contributed by atoms with Gasteiger partial charge in [0.15, 0.2) is 9.84 Å². The third-order valence-electron chi connectivity index (χ3n) is 3.71. The van der Waals surface area contributed by atoms with Gasteiger partial charge in [0.25, 0.3) is 5.91 Å². The molecule has 0 fully saturated rings. The Morgan fingerprint density at radius 2 is 1.84 bits per heavy atom. The topological polar surface area (TPSA) is 108 Å². The molecule has 1 aliphatic heterocycles. The number of hydrazone groups is 1. The number of amides is 3. The van der Waals surface area contributed by atoms with Crippen molar-refractivity contribution in [2.75, 3.05) is 27.4 Å². The number of carbonyl (C=O) groups excluding carboxylic acids is 2. The van der Waals surface area contributed by atoms with Crippen molar-refractivity contribution in [3.8, 4) is 0 Å². The molecule has 1 aromatic carbocycles. The molecule has 2 rings (SSSR count). The van der Waals surface area contributed by atoms with Crippen LogP contribution in [0.25, 0.3) is 0 Å². The lowest BCUT2D eigenvalue weighted by Gasteiger charge is -2.25. The summed E-state index contributed by atoms with van der Waals surface area (Å²) in [5.74, 6) is -0.464. The Balaban J connectivity index is 2.35. The monoisotopic (exact) mass is 368 g/mol. The predicted octanol–water partition coefficient (Wildman–Crippen LogP) is 0.228. The van der Waals surface area contributed by atoms with Gasteiger partial charge in [-0.15, -0.1) is 0 Å². The number of hydrogen-bond acceptors (Lipinski definition) is 6. The Morgan fingerprint density at radius 1 is 1.28 bits per heavy atom. The highest BCUT2D eigenvalue weighted by Gasteiger charge is 2.49. The molecule has 0 aliphatic carbocycles. The zero-order valence-corrected chi connectivity index (χ0v) is 15.4. The highest BCUT2D eigenvalue weighted by Crippen LogP contribution is 2.27. The molecule has 1 aliphatic rings. The lowest BCUT2D eigenvalue weighted by Crippen LogP contribution is -2.51. The maximum Gasteiger partial charge on any atom is 0.340 e. The third-order valence-corrected chi connectivity index (χ3v) is 4.84. The van der Waals surface area contributed by atoms with Gasteiger partial charge in [0.05, 0.1) is 4.90 Å². The summed E-state index contributed by atoms with van der Waals surface area (Å²) < 4.78 is 23.1. The van der Waals surface area contributed by atoms with E-state index >= 15 is 0 Å². The molecule has 25 heavy (non-hydrogen) atoms. The van der Waals surface area contributed by atoms with Crippen LogP contribution in [-0.4, -0.2) is 69.0 Å². The third kappa shape index (κ3) is 3.64. The van der Waals surface area contributed by atoms with E-state index in [4.69, 9.17) is 4.84 Å². The Hall–Kier alpha value is -2.46. The summed E-state index contributed by atoms with van der Waals surface area (Å²) in [6.45, 7) is 1.48. The standard InChI is InChI=1S/C15H20N4O5S/c1-15(24-17-14(21)18(2)3)12(16-19(4)13(15)20)10-6-8-11(9-7-10)25(5,22)23/h6-9H,1-5H3,(H,17,21). The Morgan fingerprint density at radius 3 is 2.32 bits per heavy atom. The van der Waals surface area contributed by atoms with Crippen LogP contribution in [0.3, 0.4) is 0 Å². The second-order valence-electron chi connectivity index (χ2n) is 6.01. The number of nitrogens with zero attached hydrogens (tertiary/aromatic N) is 3. The molecule has 0 saturated heterocycles. The van der Waals surface area contributed by atoms with Gasteiger partial charge in [-0.25, -0.2) is 28.5 Å². The molecule has 1 heterocycles. The summed E-state index contributed by atoms with van der Waals surface area (Å²) in [6, 6.07) is 5.40. The number of hydroxylamine groups is 1. The second-order valence-corrected chi connectivity index (χ2v) is 8.03. The number of hydrogen-bond donors (Lipinski definition) is 1. The fourth-order valence-electron chi connectivity index (χ4n) is 2.22. The summed E-state index contributed by atoms with van der Waals surface area (Å²) in [6.07, 6.45) is 1.11. The van der Waals surface area contributed by atoms with Gasteiger partial charge in [-0.05, 0) is 19.1 Å². The zero-order valence-electron chi connectivity index (χ0n) is 14.6. The van der Waals surface area contributed by atoms with Crippen molar-refractivity contribution in [3.63, 3.8) is 0 Å². The van der Waals surface area contributed by atoms with E-state index in [0.717, 1.165) is 11.3 Å². The van der Waals surface area contributed by atoms with Gasteiger partial charge in [0.1, 0.15) is 5.71 Å². The number of sulfone groups is 1. The minimum atomic E-state index is -3.34. The predicted molar refractivity (Wildman–Crippen MR) is 90.6 cm³/mol. The molecule has 9 nitrogen and oxygen atoms in total. The molecule has 10 heteroatoms. The molecule has 0 saturated carbocycles. The van der Waals surface area contributed by atoms with Gasteiger partial charge in [-0.1, -0.05) is 12.1 Å². The molecule has 3 amide bonds. The first-order chi connectivity index (χ1) is 11.5. The van der Waals surface area contributed by atoms with Gasteiger partial charge in [0.2, 0.25) is 5.60 Å². The molecule has 1 unspecified atom stereocenters. The lowest BCUT2D eigenvalue weighted by atomic mass is 9.94. The van der Waals surface area contributed by atoms with E-state index in [0.29, 0.717) is 5.56 Å². The molecule has 1 N–H and O–H groups in total. The van der Waals surface area contributed by atoms with Crippen LogP contribution in [0.5, 0.6) is 0 Å². The van der Waals surface area contributed by atoms with Gasteiger partial charge in [0, 0.05) is 33.0 Å². The smallest absolute Gasteiger partial charge is 0.329 e. The number of nitrogens with one attached hydrogen (secondary N) is 1. The van der Waals surface area contributed by atoms with Gasteiger partial charge in [-0.3, -0.25) is 4.79 Å². The van der Waals surface area contributed by atoms with E-state index < -0.39 is 27.4 Å². The fraction of sp³-hybridized carbons (Fsp3) is 0.400. The Labute approximate surface area is 146 Å². The van der Waals surface area contributed by atoms with Crippen molar-refractivity contribution in [2.24, 2.45) is 5.10 Å². The lowest BCUT2D eigenvalue weighted by molar-refractivity contribution is -0.148. The van der Waals surface area contributed by atoms with Crippen molar-refractivity contribution in [3.05, 3.63) is 29.8 Å². The van der Waals surface area contributed by atoms with Crippen molar-refractivity contribution < 1.29 is 22.8 Å². The largest absolute Gasteiger partial charge is 0.340 e. The Kier molecular flexibility index (Phi) is 4.87. The van der Waals surface area contributed by atoms with Crippen LogP contribution >= 0.6 is 0 Å². The molecule has 1 atom stereocenters. The SMILES string of the molecule is CN(C)C(=O)NOC1(C)C(=O)N(C)N=C1c1ccc(S(C)(=O)=O)cc1.